The molecular formula is C13H19N3O4. The van der Waals surface area contributed by atoms with Crippen molar-refractivity contribution in [1.82, 2.24) is 0 Å². The number of hydrogen-bond donors (Lipinski definition) is 1. The molecule has 0 bridgehead atoms. The smallest absolute Gasteiger partial charge is 0.286 e. The SMILES string of the molecule is O=[N+]([O-])c1cc[n+]([O-])c(N2CCC(CCCO)CC2)c1. The molecular weight excluding hydrogens is 262 g/mol. The van der Waals surface area contributed by atoms with Crippen LogP contribution in [0.25, 0.3) is 0 Å². The van der Waals surface area contributed by atoms with Crippen LogP contribution in [0.2, 0.25) is 0 Å². The Morgan fingerprint density at radius 3 is 2.75 bits per heavy atom. The number of nitrogens with zero attached hydrogens (tertiary/aromatic N) is 3. The second-order valence-electron chi connectivity index (χ2n) is 5.12. The highest BCUT2D eigenvalue weighted by Gasteiger charge is 2.27. The van der Waals surface area contributed by atoms with E-state index < -0.39 is 4.92 Å². The van der Waals surface area contributed by atoms with Gasteiger partial charge in [-0.3, -0.25) is 15.0 Å². The third kappa shape index (κ3) is 3.36. The highest BCUT2D eigenvalue weighted by molar-refractivity contribution is 5.43. The van der Waals surface area contributed by atoms with Gasteiger partial charge in [0.25, 0.3) is 11.5 Å². The van der Waals surface area contributed by atoms with Crippen molar-refractivity contribution >= 4 is 11.5 Å². The number of hydrogen-bond acceptors (Lipinski definition) is 5. The molecule has 0 spiro atoms. The summed E-state index contributed by atoms with van der Waals surface area (Å²) in [7, 11) is 0. The zero-order valence-electron chi connectivity index (χ0n) is 11.3. The Balaban J connectivity index is 2.03. The van der Waals surface area contributed by atoms with E-state index in [1.807, 2.05) is 4.90 Å². The zero-order valence-corrected chi connectivity index (χ0v) is 11.3. The van der Waals surface area contributed by atoms with Gasteiger partial charge in [0.15, 0.2) is 0 Å². The Morgan fingerprint density at radius 2 is 2.15 bits per heavy atom. The van der Waals surface area contributed by atoms with E-state index in [1.54, 1.807) is 0 Å². The molecule has 20 heavy (non-hydrogen) atoms. The van der Waals surface area contributed by atoms with E-state index >= 15 is 0 Å². The van der Waals surface area contributed by atoms with Crippen LogP contribution in [-0.2, 0) is 0 Å². The first-order valence-corrected chi connectivity index (χ1v) is 6.85. The van der Waals surface area contributed by atoms with Gasteiger partial charge in [0.2, 0.25) is 0 Å². The summed E-state index contributed by atoms with van der Waals surface area (Å²) in [5, 5.41) is 31.4. The van der Waals surface area contributed by atoms with E-state index in [2.05, 4.69) is 0 Å². The molecule has 110 valence electrons. The second kappa shape index (κ2) is 6.51. The summed E-state index contributed by atoms with van der Waals surface area (Å²) in [6.45, 7) is 1.66. The molecule has 7 nitrogen and oxygen atoms in total. The Morgan fingerprint density at radius 1 is 1.45 bits per heavy atom. The summed E-state index contributed by atoms with van der Waals surface area (Å²) in [4.78, 5) is 12.2. The van der Waals surface area contributed by atoms with E-state index in [1.165, 1.54) is 18.3 Å². The standard InChI is InChI=1S/C13H19N3O4/c17-9-1-2-11-3-6-14(7-4-11)13-10-12(16(19)20)5-8-15(13)18/h5,8,10-11,17H,1-4,6-7,9H2. The molecule has 0 saturated carbocycles. The highest BCUT2D eigenvalue weighted by Crippen LogP contribution is 2.25. The van der Waals surface area contributed by atoms with Gasteiger partial charge in [-0.15, -0.1) is 0 Å². The number of aliphatic hydroxyl groups excluding tert-OH is 1. The minimum absolute atomic E-state index is 0.0606. The number of aromatic nitrogens is 1. The van der Waals surface area contributed by atoms with Crippen LogP contribution in [0.5, 0.6) is 0 Å². The van der Waals surface area contributed by atoms with Crippen LogP contribution >= 0.6 is 0 Å². The molecule has 0 aliphatic carbocycles. The lowest BCUT2D eigenvalue weighted by molar-refractivity contribution is -0.593. The van der Waals surface area contributed by atoms with E-state index in [-0.39, 0.29) is 12.3 Å². The van der Waals surface area contributed by atoms with E-state index in [0.717, 1.165) is 38.8 Å². The van der Waals surface area contributed by atoms with Gasteiger partial charge in [0.1, 0.15) is 12.3 Å². The lowest BCUT2D eigenvalue weighted by Crippen LogP contribution is -2.42. The maximum atomic E-state index is 11.8. The quantitative estimate of drug-likeness (QED) is 0.379. The Labute approximate surface area is 117 Å². The average Bonchev–Trinajstić information content (AvgIpc) is 2.46. The van der Waals surface area contributed by atoms with Crippen molar-refractivity contribution in [2.75, 3.05) is 24.6 Å². The van der Waals surface area contributed by atoms with Crippen LogP contribution in [0.15, 0.2) is 18.3 Å². The topological polar surface area (TPSA) is 93.5 Å². The lowest BCUT2D eigenvalue weighted by atomic mass is 9.92. The van der Waals surface area contributed by atoms with Crippen molar-refractivity contribution in [2.24, 2.45) is 5.92 Å². The van der Waals surface area contributed by atoms with Crippen LogP contribution in [0, 0.1) is 21.2 Å². The number of nitro groups is 1. The van der Waals surface area contributed by atoms with Gasteiger partial charge < -0.3 is 10.3 Å². The van der Waals surface area contributed by atoms with Gasteiger partial charge in [-0.1, -0.05) is 0 Å². The third-order valence-electron chi connectivity index (χ3n) is 3.80. The summed E-state index contributed by atoms with van der Waals surface area (Å²) in [6, 6.07) is 2.55. The minimum Gasteiger partial charge on any atom is -0.711 e. The van der Waals surface area contributed by atoms with Crippen LogP contribution in [0.4, 0.5) is 11.5 Å². The molecule has 7 heteroatoms. The van der Waals surface area contributed by atoms with Crippen LogP contribution in [-0.4, -0.2) is 29.7 Å². The average molecular weight is 281 g/mol. The molecule has 2 rings (SSSR count). The molecule has 0 radical (unpaired) electrons. The van der Waals surface area contributed by atoms with Gasteiger partial charge in [-0.2, -0.15) is 0 Å². The summed E-state index contributed by atoms with van der Waals surface area (Å²) >= 11 is 0. The van der Waals surface area contributed by atoms with Crippen molar-refractivity contribution in [3.05, 3.63) is 33.7 Å². The van der Waals surface area contributed by atoms with Gasteiger partial charge in [-0.25, -0.2) is 4.73 Å². The molecule has 1 aliphatic heterocycles. The summed E-state index contributed by atoms with van der Waals surface area (Å²) in [5.74, 6) is 0.914. The highest BCUT2D eigenvalue weighted by atomic mass is 16.6. The number of aliphatic hydroxyl groups is 1. The molecule has 0 unspecified atom stereocenters. The molecule has 1 aromatic rings. The Hall–Kier alpha value is -1.89. The van der Waals surface area contributed by atoms with Gasteiger partial charge in [-0.05, 0) is 31.6 Å². The molecule has 1 fully saturated rings. The lowest BCUT2D eigenvalue weighted by Gasteiger charge is -2.29. The predicted octanol–water partition coefficient (Wildman–Crippen LogP) is 1.22. The fourth-order valence-electron chi connectivity index (χ4n) is 2.64. The maximum Gasteiger partial charge on any atom is 0.286 e. The Kier molecular flexibility index (Phi) is 4.73. The van der Waals surface area contributed by atoms with Crippen molar-refractivity contribution in [1.29, 1.82) is 0 Å². The first-order chi connectivity index (χ1) is 9.61. The van der Waals surface area contributed by atoms with E-state index in [9.17, 15) is 15.3 Å². The van der Waals surface area contributed by atoms with Crippen LogP contribution < -0.4 is 9.63 Å². The largest absolute Gasteiger partial charge is 0.711 e. The van der Waals surface area contributed by atoms with E-state index in [4.69, 9.17) is 5.11 Å². The number of anilines is 1. The number of pyridine rings is 1. The first kappa shape index (κ1) is 14.5. The molecule has 1 aliphatic rings. The van der Waals surface area contributed by atoms with Gasteiger partial charge in [0.05, 0.1) is 24.1 Å². The van der Waals surface area contributed by atoms with Crippen molar-refractivity contribution in [3.8, 4) is 0 Å². The molecule has 0 aromatic carbocycles. The van der Waals surface area contributed by atoms with Crippen molar-refractivity contribution in [2.45, 2.75) is 25.7 Å². The summed E-state index contributed by atoms with van der Waals surface area (Å²) in [6.07, 6.45) is 4.89. The monoisotopic (exact) mass is 281 g/mol. The summed E-state index contributed by atoms with van der Waals surface area (Å²) in [5.41, 5.74) is -0.0606. The molecule has 2 heterocycles. The molecule has 1 N–H and O–H groups in total. The van der Waals surface area contributed by atoms with Gasteiger partial charge in [0, 0.05) is 6.61 Å². The minimum atomic E-state index is -0.489. The fourth-order valence-corrected chi connectivity index (χ4v) is 2.64. The fraction of sp³-hybridized carbons (Fsp3) is 0.615. The normalized spacial score (nSPS) is 16.4. The molecule has 1 aromatic heterocycles. The number of piperidine rings is 1. The first-order valence-electron chi connectivity index (χ1n) is 6.85. The third-order valence-corrected chi connectivity index (χ3v) is 3.80. The molecule has 1 saturated heterocycles. The van der Waals surface area contributed by atoms with Crippen LogP contribution in [0.1, 0.15) is 25.7 Å². The van der Waals surface area contributed by atoms with E-state index in [0.29, 0.717) is 16.5 Å². The number of rotatable bonds is 5. The van der Waals surface area contributed by atoms with Crippen LogP contribution in [0.3, 0.4) is 0 Å². The second-order valence-corrected chi connectivity index (χ2v) is 5.12. The Bertz CT molecular complexity index is 473. The summed E-state index contributed by atoms with van der Waals surface area (Å²) < 4.78 is 0.682. The van der Waals surface area contributed by atoms with Crippen molar-refractivity contribution < 1.29 is 14.8 Å². The maximum absolute atomic E-state index is 11.8. The van der Waals surface area contributed by atoms with Crippen molar-refractivity contribution in [3.63, 3.8) is 0 Å². The zero-order chi connectivity index (χ0) is 14.5. The molecule has 0 atom stereocenters. The molecule has 0 amide bonds. The predicted molar refractivity (Wildman–Crippen MR) is 73.3 cm³/mol. The van der Waals surface area contributed by atoms with Gasteiger partial charge >= 0.3 is 0 Å².